The Hall–Kier alpha value is -0.120. The highest BCUT2D eigenvalue weighted by Crippen LogP contribution is 2.58. The van der Waals surface area contributed by atoms with E-state index >= 15 is 0 Å². The van der Waals surface area contributed by atoms with E-state index in [1.165, 1.54) is 64.2 Å². The van der Waals surface area contributed by atoms with Gasteiger partial charge in [0, 0.05) is 20.5 Å². The normalized spacial score (nSPS) is 15.8. The summed E-state index contributed by atoms with van der Waals surface area (Å²) in [5.41, 5.74) is 3.63. The molecule has 1 atom stereocenters. The van der Waals surface area contributed by atoms with Crippen LogP contribution in [-0.4, -0.2) is 5.33 Å². The van der Waals surface area contributed by atoms with Crippen molar-refractivity contribution >= 4 is 38.6 Å². The molecule has 0 nitrogen and oxygen atoms in total. The van der Waals surface area contributed by atoms with Gasteiger partial charge in [0.2, 0.25) is 0 Å². The monoisotopic (exact) mass is 452 g/mol. The average molecular weight is 454 g/mol. The zero-order chi connectivity index (χ0) is 18.4. The first kappa shape index (κ1) is 20.6. The molecule has 1 aliphatic rings. The van der Waals surface area contributed by atoms with Gasteiger partial charge in [-0.1, -0.05) is 74.7 Å². The van der Waals surface area contributed by atoms with Crippen LogP contribution in [0.25, 0.3) is 9.75 Å². The topological polar surface area (TPSA) is 0 Å². The van der Waals surface area contributed by atoms with E-state index in [0.717, 1.165) is 11.2 Å². The van der Waals surface area contributed by atoms with Crippen LogP contribution in [-0.2, 0) is 5.41 Å². The highest BCUT2D eigenvalue weighted by atomic mass is 79.9. The molecule has 26 heavy (non-hydrogen) atoms. The molecule has 0 spiro atoms. The molecule has 0 N–H and O–H groups in total. The smallest absolute Gasteiger partial charge is 0.0486 e. The molecule has 1 aliphatic carbocycles. The van der Waals surface area contributed by atoms with Gasteiger partial charge in [0.1, 0.15) is 0 Å². The third-order valence-corrected chi connectivity index (χ3v) is 8.79. The van der Waals surface area contributed by atoms with E-state index < -0.39 is 0 Å². The number of rotatable bonds is 12. The number of thiophene rings is 2. The van der Waals surface area contributed by atoms with E-state index in [1.54, 1.807) is 20.9 Å². The summed E-state index contributed by atoms with van der Waals surface area (Å²) >= 11 is 7.51. The van der Waals surface area contributed by atoms with Crippen molar-refractivity contribution < 1.29 is 0 Å². The number of hydrogen-bond donors (Lipinski definition) is 0. The highest BCUT2D eigenvalue weighted by Gasteiger charge is 2.45. The summed E-state index contributed by atoms with van der Waals surface area (Å²) in [5, 5.41) is 5.82. The summed E-state index contributed by atoms with van der Waals surface area (Å²) in [6.07, 6.45) is 13.5. The van der Waals surface area contributed by atoms with Crippen LogP contribution >= 0.6 is 38.6 Å². The molecule has 2 aromatic heterocycles. The molecule has 0 aromatic carbocycles. The van der Waals surface area contributed by atoms with Crippen molar-refractivity contribution in [3.63, 3.8) is 0 Å². The summed E-state index contributed by atoms with van der Waals surface area (Å²) in [6, 6.07) is 4.91. The first-order valence-electron chi connectivity index (χ1n) is 10.5. The largest absolute Gasteiger partial charge is 0.143 e. The maximum atomic E-state index is 3.58. The van der Waals surface area contributed by atoms with Gasteiger partial charge < -0.3 is 0 Å². The summed E-state index contributed by atoms with van der Waals surface area (Å²) in [7, 11) is 0. The van der Waals surface area contributed by atoms with Crippen LogP contribution in [0.2, 0.25) is 0 Å². The summed E-state index contributed by atoms with van der Waals surface area (Å²) in [4.78, 5) is 3.17. The van der Waals surface area contributed by atoms with Crippen LogP contribution in [0.4, 0.5) is 0 Å². The molecular weight excluding hydrogens is 420 g/mol. The third kappa shape index (κ3) is 4.15. The number of fused-ring (bicyclic) bond motifs is 3. The number of unbranched alkanes of at least 4 members (excludes halogenated alkanes) is 4. The molecule has 1 unspecified atom stereocenters. The lowest BCUT2D eigenvalue weighted by molar-refractivity contribution is 0.311. The second-order valence-corrected chi connectivity index (χ2v) is 10.5. The van der Waals surface area contributed by atoms with Gasteiger partial charge >= 0.3 is 0 Å². The molecule has 3 heteroatoms. The fraction of sp³-hybridized carbons (Fsp3) is 0.652. The molecule has 0 saturated heterocycles. The average Bonchev–Trinajstić information content (AvgIpc) is 3.35. The van der Waals surface area contributed by atoms with Gasteiger partial charge in [-0.25, -0.2) is 0 Å². The lowest BCUT2D eigenvalue weighted by Crippen LogP contribution is -2.28. The van der Waals surface area contributed by atoms with Crippen LogP contribution in [0.3, 0.4) is 0 Å². The maximum Gasteiger partial charge on any atom is 0.0486 e. The molecule has 3 rings (SSSR count). The number of hydrogen-bond acceptors (Lipinski definition) is 2. The highest BCUT2D eigenvalue weighted by molar-refractivity contribution is 9.09. The Bertz CT molecular complexity index is 629. The molecule has 144 valence electrons. The summed E-state index contributed by atoms with van der Waals surface area (Å²) < 4.78 is 0. The van der Waals surface area contributed by atoms with E-state index in [9.17, 15) is 0 Å². The summed E-state index contributed by atoms with van der Waals surface area (Å²) in [5.74, 6) is 0.857. The van der Waals surface area contributed by atoms with Crippen molar-refractivity contribution in [3.8, 4) is 9.75 Å². The molecular formula is C23H33BrS2. The Morgan fingerprint density at radius 2 is 1.58 bits per heavy atom. The standard InChI is InChI=1S/C23H33BrS2/c1-3-5-10-18(4-2)17-23(13-8-6-7-9-14-24)19-11-15-25-21(19)22-20(23)12-16-26-22/h11-12,15-16,18H,3-10,13-14,17H2,1-2H3. The Morgan fingerprint density at radius 3 is 2.15 bits per heavy atom. The van der Waals surface area contributed by atoms with Crippen molar-refractivity contribution in [2.75, 3.05) is 5.33 Å². The van der Waals surface area contributed by atoms with E-state index in [-0.39, 0.29) is 0 Å². The van der Waals surface area contributed by atoms with Gasteiger partial charge in [-0.15, -0.1) is 22.7 Å². The quantitative estimate of drug-likeness (QED) is 0.222. The van der Waals surface area contributed by atoms with Gasteiger partial charge in [-0.2, -0.15) is 0 Å². The summed E-state index contributed by atoms with van der Waals surface area (Å²) in [6.45, 7) is 4.73. The lowest BCUT2D eigenvalue weighted by Gasteiger charge is -2.35. The van der Waals surface area contributed by atoms with Crippen LogP contribution in [0, 0.1) is 5.92 Å². The van der Waals surface area contributed by atoms with E-state index in [2.05, 4.69) is 52.7 Å². The molecule has 0 fully saturated rings. The Morgan fingerprint density at radius 1 is 0.923 bits per heavy atom. The Balaban J connectivity index is 1.85. The van der Waals surface area contributed by atoms with Crippen molar-refractivity contribution in [1.82, 2.24) is 0 Å². The van der Waals surface area contributed by atoms with Crippen molar-refractivity contribution in [3.05, 3.63) is 34.0 Å². The zero-order valence-corrected chi connectivity index (χ0v) is 19.6. The van der Waals surface area contributed by atoms with Crippen LogP contribution in [0.1, 0.15) is 89.2 Å². The minimum absolute atomic E-state index is 0.299. The first-order chi connectivity index (χ1) is 12.8. The molecule has 0 radical (unpaired) electrons. The predicted octanol–water partition coefficient (Wildman–Crippen LogP) is 9.03. The molecule has 2 aromatic rings. The second kappa shape index (κ2) is 9.89. The molecule has 0 amide bonds. The van der Waals surface area contributed by atoms with E-state index in [4.69, 9.17) is 0 Å². The van der Waals surface area contributed by atoms with Gasteiger partial charge in [0.05, 0.1) is 0 Å². The van der Waals surface area contributed by atoms with Gasteiger partial charge in [-0.3, -0.25) is 0 Å². The molecule has 0 saturated carbocycles. The van der Waals surface area contributed by atoms with Gasteiger partial charge in [0.15, 0.2) is 0 Å². The van der Waals surface area contributed by atoms with Gasteiger partial charge in [0.25, 0.3) is 0 Å². The lowest BCUT2D eigenvalue weighted by atomic mass is 9.68. The molecule has 0 aliphatic heterocycles. The minimum Gasteiger partial charge on any atom is -0.143 e. The fourth-order valence-corrected chi connectivity index (χ4v) is 7.35. The van der Waals surface area contributed by atoms with E-state index in [0.29, 0.717) is 5.41 Å². The van der Waals surface area contributed by atoms with Crippen molar-refractivity contribution in [1.29, 1.82) is 0 Å². The number of halogens is 1. The predicted molar refractivity (Wildman–Crippen MR) is 123 cm³/mol. The number of alkyl halides is 1. The van der Waals surface area contributed by atoms with Crippen LogP contribution in [0.5, 0.6) is 0 Å². The van der Waals surface area contributed by atoms with Crippen LogP contribution < -0.4 is 0 Å². The molecule has 2 heterocycles. The first-order valence-corrected chi connectivity index (χ1v) is 13.4. The Labute approximate surface area is 176 Å². The second-order valence-electron chi connectivity index (χ2n) is 7.88. The zero-order valence-electron chi connectivity index (χ0n) is 16.4. The van der Waals surface area contributed by atoms with Gasteiger partial charge in [-0.05, 0) is 59.2 Å². The third-order valence-electron chi connectivity index (χ3n) is 6.24. The fourth-order valence-electron chi connectivity index (χ4n) is 4.77. The minimum atomic E-state index is 0.299. The molecule has 0 bridgehead atoms. The van der Waals surface area contributed by atoms with Crippen molar-refractivity contribution in [2.45, 2.75) is 83.5 Å². The van der Waals surface area contributed by atoms with Crippen molar-refractivity contribution in [2.24, 2.45) is 5.92 Å². The Kier molecular flexibility index (Phi) is 7.84. The van der Waals surface area contributed by atoms with E-state index in [1.807, 2.05) is 22.7 Å². The maximum absolute atomic E-state index is 3.58. The SMILES string of the molecule is CCCCC(CC)CC1(CCCCCCBr)c2ccsc2-c2sccc21. The van der Waals surface area contributed by atoms with Crippen LogP contribution in [0.15, 0.2) is 22.9 Å².